The van der Waals surface area contributed by atoms with E-state index in [2.05, 4.69) is 6.58 Å². The van der Waals surface area contributed by atoms with E-state index in [1.54, 1.807) is 6.92 Å². The van der Waals surface area contributed by atoms with E-state index in [1.165, 1.54) is 0 Å². The zero-order valence-electron chi connectivity index (χ0n) is 12.6. The van der Waals surface area contributed by atoms with Crippen LogP contribution >= 0.6 is 0 Å². The average molecular weight is 294 g/mol. The van der Waals surface area contributed by atoms with Crippen LogP contribution in [0.25, 0.3) is 0 Å². The van der Waals surface area contributed by atoms with Crippen LogP contribution in [0.4, 0.5) is 0 Å². The average Bonchev–Trinajstić information content (AvgIpc) is 3.09. The number of hydrogen-bond acceptors (Lipinski definition) is 5. The Kier molecular flexibility index (Phi) is 3.19. The van der Waals surface area contributed by atoms with Crippen molar-refractivity contribution in [3.8, 4) is 0 Å². The predicted molar refractivity (Wildman–Crippen MR) is 75.4 cm³/mol. The summed E-state index contributed by atoms with van der Waals surface area (Å²) in [5.41, 5.74) is 0.704. The maximum absolute atomic E-state index is 12.5. The number of epoxide rings is 1. The van der Waals surface area contributed by atoms with Crippen LogP contribution in [0.15, 0.2) is 23.8 Å². The maximum atomic E-state index is 12.5. The van der Waals surface area contributed by atoms with E-state index < -0.39 is 35.3 Å². The van der Waals surface area contributed by atoms with Gasteiger partial charge in [-0.25, -0.2) is 0 Å². The van der Waals surface area contributed by atoms with Crippen molar-refractivity contribution in [3.63, 3.8) is 0 Å². The van der Waals surface area contributed by atoms with Crippen molar-refractivity contribution in [2.24, 2.45) is 5.92 Å². The van der Waals surface area contributed by atoms with Gasteiger partial charge in [0.15, 0.2) is 0 Å². The van der Waals surface area contributed by atoms with Crippen LogP contribution in [0.5, 0.6) is 0 Å². The van der Waals surface area contributed by atoms with Gasteiger partial charge in [0, 0.05) is 0 Å². The summed E-state index contributed by atoms with van der Waals surface area (Å²) in [5.74, 6) is -2.91. The lowest BCUT2D eigenvalue weighted by atomic mass is 9.74. The van der Waals surface area contributed by atoms with Crippen LogP contribution in [0.1, 0.15) is 33.6 Å². The fourth-order valence-corrected chi connectivity index (χ4v) is 3.56. The first-order valence-corrected chi connectivity index (χ1v) is 7.32. The minimum absolute atomic E-state index is 0.264. The summed E-state index contributed by atoms with van der Waals surface area (Å²) < 4.78 is 11.5. The number of hydrogen-bond donors (Lipinski definition) is 2. The van der Waals surface area contributed by atoms with Crippen LogP contribution in [0.3, 0.4) is 0 Å². The van der Waals surface area contributed by atoms with Crippen molar-refractivity contribution in [2.75, 3.05) is 0 Å². The molecular formula is C16H22O5. The third kappa shape index (κ3) is 1.95. The molecule has 1 saturated carbocycles. The van der Waals surface area contributed by atoms with Crippen molar-refractivity contribution in [1.29, 1.82) is 0 Å². The van der Waals surface area contributed by atoms with E-state index in [1.807, 2.05) is 19.9 Å². The van der Waals surface area contributed by atoms with Crippen molar-refractivity contribution in [2.45, 2.75) is 63.3 Å². The molecule has 5 nitrogen and oxygen atoms in total. The minimum atomic E-state index is -1.95. The number of aliphatic hydroxyl groups excluding tert-OH is 1. The fraction of sp³-hybridized carbons (Fsp3) is 0.688. The van der Waals surface area contributed by atoms with Crippen LogP contribution in [0, 0.1) is 5.92 Å². The SMILES string of the molecule is C=C(C)C1(O)O[C@@H]2[C@@H](C[C@H](O)[C@@H]3OC23CC=C(C)C)C1=O. The molecule has 6 atom stereocenters. The second-order valence-corrected chi connectivity index (χ2v) is 6.72. The summed E-state index contributed by atoms with van der Waals surface area (Å²) in [6.45, 7) is 9.19. The number of carbonyl (C=O) groups is 1. The first-order valence-electron chi connectivity index (χ1n) is 7.32. The number of ether oxygens (including phenoxy) is 2. The smallest absolute Gasteiger partial charge is 0.250 e. The Balaban J connectivity index is 1.94. The number of carbonyl (C=O) groups excluding carboxylic acids is 1. The molecule has 21 heavy (non-hydrogen) atoms. The lowest BCUT2D eigenvalue weighted by molar-refractivity contribution is -0.184. The highest BCUT2D eigenvalue weighted by Gasteiger charge is 2.74. The number of Topliss-reactive ketones (excluding diaryl/α,β-unsaturated/α-hetero) is 1. The van der Waals surface area contributed by atoms with E-state index >= 15 is 0 Å². The van der Waals surface area contributed by atoms with Crippen molar-refractivity contribution < 1.29 is 24.5 Å². The molecule has 2 N–H and O–H groups in total. The summed E-state index contributed by atoms with van der Waals surface area (Å²) in [5, 5.41) is 20.6. The standard InChI is InChI=1S/C16H22O5/c1-8(2)5-6-15-13-10(7-11(17)14(15)20-15)12(18)16(19,21-13)9(3)4/h5,10-11,13-14,17,19H,3,6-7H2,1-2,4H3/t10-,11-,13+,14-,15?,16?/m0/s1. The van der Waals surface area contributed by atoms with Gasteiger partial charge in [-0.2, -0.15) is 0 Å². The molecule has 2 unspecified atom stereocenters. The molecule has 5 heteroatoms. The summed E-state index contributed by atoms with van der Waals surface area (Å²) in [4.78, 5) is 12.5. The van der Waals surface area contributed by atoms with Gasteiger partial charge in [0.05, 0.1) is 12.0 Å². The van der Waals surface area contributed by atoms with Crippen molar-refractivity contribution >= 4 is 5.78 Å². The highest BCUT2D eigenvalue weighted by molar-refractivity contribution is 5.93. The number of ketones is 1. The normalized spacial score (nSPS) is 47.6. The zero-order valence-corrected chi connectivity index (χ0v) is 12.6. The molecule has 0 aromatic carbocycles. The molecule has 0 bridgehead atoms. The number of rotatable bonds is 3. The molecule has 0 amide bonds. The molecule has 2 saturated heterocycles. The topological polar surface area (TPSA) is 79.3 Å². The van der Waals surface area contributed by atoms with E-state index in [0.717, 1.165) is 5.57 Å². The Morgan fingerprint density at radius 3 is 2.62 bits per heavy atom. The second kappa shape index (κ2) is 4.49. The first-order chi connectivity index (χ1) is 9.72. The molecule has 2 heterocycles. The maximum Gasteiger partial charge on any atom is 0.250 e. The molecule has 3 aliphatic rings. The third-order valence-corrected chi connectivity index (χ3v) is 4.84. The Hall–Kier alpha value is -1.01. The van der Waals surface area contributed by atoms with Gasteiger partial charge >= 0.3 is 0 Å². The molecule has 116 valence electrons. The van der Waals surface area contributed by atoms with E-state index in [9.17, 15) is 15.0 Å². The molecule has 3 fully saturated rings. The van der Waals surface area contributed by atoms with Crippen LogP contribution in [-0.2, 0) is 14.3 Å². The number of aliphatic hydroxyl groups is 2. The molecule has 2 aliphatic heterocycles. The van der Waals surface area contributed by atoms with Crippen LogP contribution < -0.4 is 0 Å². The summed E-state index contributed by atoms with van der Waals surface area (Å²) in [7, 11) is 0. The van der Waals surface area contributed by atoms with Gasteiger partial charge in [-0.1, -0.05) is 18.2 Å². The quantitative estimate of drug-likeness (QED) is 0.602. The molecule has 0 aromatic heterocycles. The van der Waals surface area contributed by atoms with Gasteiger partial charge < -0.3 is 19.7 Å². The lowest BCUT2D eigenvalue weighted by Crippen LogP contribution is -2.46. The highest BCUT2D eigenvalue weighted by Crippen LogP contribution is 2.58. The van der Waals surface area contributed by atoms with E-state index in [0.29, 0.717) is 6.42 Å². The Morgan fingerprint density at radius 1 is 1.38 bits per heavy atom. The van der Waals surface area contributed by atoms with Gasteiger partial charge in [-0.3, -0.25) is 4.79 Å². The fourth-order valence-electron chi connectivity index (χ4n) is 3.56. The number of fused-ring (bicyclic) bond motifs is 3. The van der Waals surface area contributed by atoms with Gasteiger partial charge in [-0.05, 0) is 39.2 Å². The molecule has 0 radical (unpaired) electrons. The monoisotopic (exact) mass is 294 g/mol. The summed E-state index contributed by atoms with van der Waals surface area (Å²) in [6.07, 6.45) is 1.29. The van der Waals surface area contributed by atoms with Gasteiger partial charge in [-0.15, -0.1) is 0 Å². The highest BCUT2D eigenvalue weighted by atomic mass is 16.7. The predicted octanol–water partition coefficient (Wildman–Crippen LogP) is 1.09. The van der Waals surface area contributed by atoms with Gasteiger partial charge in [0.2, 0.25) is 11.6 Å². The lowest BCUT2D eigenvalue weighted by Gasteiger charge is -2.30. The Labute approximate surface area is 124 Å². The summed E-state index contributed by atoms with van der Waals surface area (Å²) >= 11 is 0. The zero-order chi connectivity index (χ0) is 15.6. The third-order valence-electron chi connectivity index (χ3n) is 4.84. The largest absolute Gasteiger partial charge is 0.390 e. The van der Waals surface area contributed by atoms with Gasteiger partial charge in [0.25, 0.3) is 0 Å². The minimum Gasteiger partial charge on any atom is -0.390 e. The van der Waals surface area contributed by atoms with E-state index in [4.69, 9.17) is 9.47 Å². The first kappa shape index (κ1) is 14.9. The Morgan fingerprint density at radius 2 is 2.05 bits per heavy atom. The number of allylic oxidation sites excluding steroid dienone is 1. The van der Waals surface area contributed by atoms with Crippen LogP contribution in [-0.4, -0.2) is 45.7 Å². The van der Waals surface area contributed by atoms with Gasteiger partial charge in [0.1, 0.15) is 17.8 Å². The van der Waals surface area contributed by atoms with Crippen LogP contribution in [0.2, 0.25) is 0 Å². The molecule has 3 rings (SSSR count). The van der Waals surface area contributed by atoms with Crippen molar-refractivity contribution in [3.05, 3.63) is 23.8 Å². The second-order valence-electron chi connectivity index (χ2n) is 6.72. The molecule has 1 aliphatic carbocycles. The van der Waals surface area contributed by atoms with E-state index in [-0.39, 0.29) is 18.1 Å². The molecular weight excluding hydrogens is 272 g/mol. The summed E-state index contributed by atoms with van der Waals surface area (Å²) in [6, 6.07) is 0. The van der Waals surface area contributed by atoms with Crippen molar-refractivity contribution in [1.82, 2.24) is 0 Å². The molecule has 0 aromatic rings. The Bertz CT molecular complexity index is 535. The molecule has 0 spiro atoms.